The van der Waals surface area contributed by atoms with Gasteiger partial charge in [0, 0.05) is 52.7 Å². The summed E-state index contributed by atoms with van der Waals surface area (Å²) in [6.07, 6.45) is 2.06. The van der Waals surface area contributed by atoms with Crippen molar-refractivity contribution in [1.82, 2.24) is 14.9 Å². The minimum atomic E-state index is -0.746. The lowest BCUT2D eigenvalue weighted by Crippen LogP contribution is -2.38. The first kappa shape index (κ1) is 24.6. The fraction of sp³-hybridized carbons (Fsp3) is 0.241. The standard InChI is InChI=1S/C29H26ClF2N5O/c1-2-37-9-7-20(8-10-37)33-21-4-6-23-22(15-21)27(29(38)36-23)26(16-11-18(31)14-19(32)12-16)28-34-24-5-3-17(30)13-25(24)35-28/h3-6,11-15,20,33H,2,7-10H2,1H3,(H,34,35)(H,36,38). The van der Waals surface area contributed by atoms with Crippen LogP contribution in [-0.2, 0) is 4.79 Å². The van der Waals surface area contributed by atoms with Crippen LogP contribution in [0.15, 0.2) is 54.6 Å². The van der Waals surface area contributed by atoms with Gasteiger partial charge in [0.25, 0.3) is 5.91 Å². The summed E-state index contributed by atoms with van der Waals surface area (Å²) in [6, 6.07) is 14.5. The van der Waals surface area contributed by atoms with Crippen LogP contribution in [0, 0.1) is 11.6 Å². The third-order valence-electron chi connectivity index (χ3n) is 7.25. The van der Waals surface area contributed by atoms with Crippen LogP contribution < -0.4 is 10.6 Å². The minimum absolute atomic E-state index is 0.205. The average Bonchev–Trinajstić information content (AvgIpc) is 3.44. The molecule has 4 aromatic rings. The highest BCUT2D eigenvalue weighted by atomic mass is 35.5. The van der Waals surface area contributed by atoms with Crippen LogP contribution in [0.25, 0.3) is 22.2 Å². The number of likely N-dealkylation sites (tertiary alicyclic amines) is 1. The highest BCUT2D eigenvalue weighted by molar-refractivity contribution is 6.38. The van der Waals surface area contributed by atoms with Gasteiger partial charge >= 0.3 is 0 Å². The van der Waals surface area contributed by atoms with Gasteiger partial charge in [-0.1, -0.05) is 18.5 Å². The Morgan fingerprint density at radius 3 is 2.58 bits per heavy atom. The van der Waals surface area contributed by atoms with Gasteiger partial charge in [-0.3, -0.25) is 4.79 Å². The number of nitrogens with one attached hydrogen (secondary N) is 3. The van der Waals surface area contributed by atoms with Gasteiger partial charge < -0.3 is 20.5 Å². The second-order valence-corrected chi connectivity index (χ2v) is 10.2. The number of fused-ring (bicyclic) bond motifs is 2. The summed E-state index contributed by atoms with van der Waals surface area (Å²) < 4.78 is 28.8. The lowest BCUT2D eigenvalue weighted by Gasteiger charge is -2.32. The van der Waals surface area contributed by atoms with Crippen LogP contribution >= 0.6 is 11.6 Å². The predicted molar refractivity (Wildman–Crippen MR) is 147 cm³/mol. The first-order chi connectivity index (χ1) is 18.4. The summed E-state index contributed by atoms with van der Waals surface area (Å²) in [6.45, 7) is 5.29. The number of hydrogen-bond acceptors (Lipinski definition) is 4. The lowest BCUT2D eigenvalue weighted by molar-refractivity contribution is -0.110. The molecule has 0 atom stereocenters. The van der Waals surface area contributed by atoms with E-state index in [0.29, 0.717) is 50.3 Å². The Bertz CT molecular complexity index is 1570. The Kier molecular flexibility index (Phi) is 6.37. The molecule has 0 spiro atoms. The van der Waals surface area contributed by atoms with E-state index in [4.69, 9.17) is 11.6 Å². The lowest BCUT2D eigenvalue weighted by atomic mass is 9.94. The zero-order chi connectivity index (χ0) is 26.4. The smallest absolute Gasteiger partial charge is 0.257 e. The van der Waals surface area contributed by atoms with Gasteiger partial charge in [-0.05, 0) is 73.5 Å². The number of nitrogens with zero attached hydrogens (tertiary/aromatic N) is 2. The normalized spacial score (nSPS) is 17.5. The van der Waals surface area contributed by atoms with E-state index in [1.807, 2.05) is 18.2 Å². The van der Waals surface area contributed by atoms with Crippen LogP contribution in [0.4, 0.5) is 20.2 Å². The van der Waals surface area contributed by atoms with Crippen LogP contribution in [0.5, 0.6) is 0 Å². The van der Waals surface area contributed by atoms with E-state index in [9.17, 15) is 13.6 Å². The number of imidazole rings is 1. The van der Waals surface area contributed by atoms with Gasteiger partial charge in [0.1, 0.15) is 17.5 Å². The Morgan fingerprint density at radius 1 is 1.08 bits per heavy atom. The van der Waals surface area contributed by atoms with Gasteiger partial charge in [0.2, 0.25) is 0 Å². The van der Waals surface area contributed by atoms with E-state index in [0.717, 1.165) is 44.2 Å². The zero-order valence-corrected chi connectivity index (χ0v) is 21.5. The topological polar surface area (TPSA) is 73.0 Å². The summed E-state index contributed by atoms with van der Waals surface area (Å²) in [5.74, 6) is -1.54. The summed E-state index contributed by atoms with van der Waals surface area (Å²) in [5.41, 5.74) is 4.22. The zero-order valence-electron chi connectivity index (χ0n) is 20.7. The first-order valence-electron chi connectivity index (χ1n) is 12.7. The molecule has 0 unspecified atom stereocenters. The molecule has 0 aliphatic carbocycles. The van der Waals surface area contributed by atoms with E-state index < -0.39 is 11.6 Å². The second kappa shape index (κ2) is 9.85. The third-order valence-corrected chi connectivity index (χ3v) is 7.49. The highest BCUT2D eigenvalue weighted by Crippen LogP contribution is 2.41. The highest BCUT2D eigenvalue weighted by Gasteiger charge is 2.31. The van der Waals surface area contributed by atoms with Crippen LogP contribution in [0.2, 0.25) is 5.02 Å². The molecule has 6 rings (SSSR count). The number of aromatic nitrogens is 2. The maximum atomic E-state index is 14.4. The van der Waals surface area contributed by atoms with Gasteiger partial charge in [0.15, 0.2) is 0 Å². The summed E-state index contributed by atoms with van der Waals surface area (Å²) in [7, 11) is 0. The van der Waals surface area contributed by atoms with Crippen molar-refractivity contribution in [2.75, 3.05) is 30.3 Å². The molecule has 2 aliphatic rings. The molecule has 0 bridgehead atoms. The van der Waals surface area contributed by atoms with Crippen molar-refractivity contribution in [2.24, 2.45) is 0 Å². The number of piperidine rings is 1. The number of hydrogen-bond donors (Lipinski definition) is 3. The second-order valence-electron chi connectivity index (χ2n) is 9.72. The van der Waals surface area contributed by atoms with E-state index in [2.05, 4.69) is 32.4 Å². The van der Waals surface area contributed by atoms with Crippen molar-refractivity contribution < 1.29 is 13.6 Å². The van der Waals surface area contributed by atoms with Gasteiger partial charge in [0.05, 0.1) is 16.6 Å². The quantitative estimate of drug-likeness (QED) is 0.263. The number of carbonyl (C=O) groups is 1. The van der Waals surface area contributed by atoms with Gasteiger partial charge in [-0.15, -0.1) is 0 Å². The number of carbonyl (C=O) groups excluding carboxylic acids is 1. The number of amides is 1. The van der Waals surface area contributed by atoms with Crippen molar-refractivity contribution >= 4 is 51.1 Å². The molecule has 3 heterocycles. The molecule has 0 saturated carbocycles. The Labute approximate surface area is 223 Å². The fourth-order valence-electron chi connectivity index (χ4n) is 5.33. The Hall–Kier alpha value is -3.75. The summed E-state index contributed by atoms with van der Waals surface area (Å²) in [5, 5.41) is 7.02. The number of rotatable bonds is 5. The van der Waals surface area contributed by atoms with E-state index in [-0.39, 0.29) is 11.5 Å². The van der Waals surface area contributed by atoms with E-state index in [1.165, 1.54) is 12.1 Å². The molecule has 1 aromatic heterocycles. The van der Waals surface area contributed by atoms with Crippen LogP contribution in [0.3, 0.4) is 0 Å². The molecular weight excluding hydrogens is 508 g/mol. The number of aromatic amines is 1. The molecule has 1 fully saturated rings. The molecule has 6 nitrogen and oxygen atoms in total. The maximum Gasteiger partial charge on any atom is 0.257 e. The third kappa shape index (κ3) is 4.66. The average molecular weight is 534 g/mol. The van der Waals surface area contributed by atoms with Crippen LogP contribution in [0.1, 0.15) is 36.7 Å². The summed E-state index contributed by atoms with van der Waals surface area (Å²) in [4.78, 5) is 23.7. The molecule has 194 valence electrons. The number of H-pyrrole nitrogens is 1. The monoisotopic (exact) mass is 533 g/mol. The Morgan fingerprint density at radius 2 is 1.84 bits per heavy atom. The number of anilines is 2. The van der Waals surface area contributed by atoms with E-state index >= 15 is 0 Å². The van der Waals surface area contributed by atoms with Crippen molar-refractivity contribution in [3.05, 3.63) is 88.2 Å². The molecule has 9 heteroatoms. The molecule has 0 radical (unpaired) electrons. The first-order valence-corrected chi connectivity index (χ1v) is 13.1. The maximum absolute atomic E-state index is 14.4. The fourth-order valence-corrected chi connectivity index (χ4v) is 5.50. The van der Waals surface area contributed by atoms with Crippen LogP contribution in [-0.4, -0.2) is 46.5 Å². The van der Waals surface area contributed by atoms with Gasteiger partial charge in [-0.2, -0.15) is 0 Å². The van der Waals surface area contributed by atoms with Crippen molar-refractivity contribution in [2.45, 2.75) is 25.8 Å². The molecule has 1 saturated heterocycles. The molecule has 3 N–H and O–H groups in total. The van der Waals surface area contributed by atoms with Crippen molar-refractivity contribution in [3.63, 3.8) is 0 Å². The predicted octanol–water partition coefficient (Wildman–Crippen LogP) is 6.30. The SMILES string of the molecule is CCN1CCC(Nc2ccc3c(c2)C(=C(c2cc(F)cc(F)c2)c2nc4cc(Cl)ccc4[nH]2)C(=O)N3)CC1. The number of benzene rings is 3. The Balaban J connectivity index is 1.48. The minimum Gasteiger partial charge on any atom is -0.382 e. The molecule has 1 amide bonds. The molecule has 2 aliphatic heterocycles. The van der Waals surface area contributed by atoms with Crippen molar-refractivity contribution in [3.8, 4) is 0 Å². The van der Waals surface area contributed by atoms with E-state index in [1.54, 1.807) is 18.2 Å². The molecule has 38 heavy (non-hydrogen) atoms. The molecular formula is C29H26ClF2N5O. The molecule has 3 aromatic carbocycles. The van der Waals surface area contributed by atoms with Gasteiger partial charge in [-0.25, -0.2) is 13.8 Å². The van der Waals surface area contributed by atoms with Crippen molar-refractivity contribution in [1.29, 1.82) is 0 Å². The largest absolute Gasteiger partial charge is 0.382 e. The summed E-state index contributed by atoms with van der Waals surface area (Å²) >= 11 is 6.16. The number of halogens is 3.